The zero-order valence-corrected chi connectivity index (χ0v) is 24.8. The van der Waals surface area contributed by atoms with E-state index in [0.717, 1.165) is 16.8 Å². The number of rotatable bonds is 14. The molecule has 1 aromatic rings. The summed E-state index contributed by atoms with van der Waals surface area (Å²) in [5.74, 6) is -3.12. The molecule has 1 aromatic carbocycles. The summed E-state index contributed by atoms with van der Waals surface area (Å²) in [5, 5.41) is 12.3. The number of esters is 1. The Morgan fingerprint density at radius 2 is 2.05 bits per heavy atom. The van der Waals surface area contributed by atoms with Crippen LogP contribution in [0.15, 0.2) is 43.5 Å². The highest BCUT2D eigenvalue weighted by Crippen LogP contribution is 2.59. The van der Waals surface area contributed by atoms with Gasteiger partial charge in [-0.15, -0.1) is 13.2 Å². The average Bonchev–Trinajstić information content (AvgIpc) is 3.60. The zero-order chi connectivity index (χ0) is 30.6. The Balaban J connectivity index is 1.61. The summed E-state index contributed by atoms with van der Waals surface area (Å²) in [6.45, 7) is 13.4. The van der Waals surface area contributed by atoms with Gasteiger partial charge in [-0.05, 0) is 63.6 Å². The molecule has 2 bridgehead atoms. The van der Waals surface area contributed by atoms with E-state index in [1.165, 1.54) is 4.90 Å². The minimum absolute atomic E-state index is 0.139. The molecule has 3 amide bonds. The van der Waals surface area contributed by atoms with Gasteiger partial charge in [0.25, 0.3) is 5.91 Å². The predicted molar refractivity (Wildman–Crippen MR) is 157 cm³/mol. The van der Waals surface area contributed by atoms with Crippen LogP contribution in [0.1, 0.15) is 50.2 Å². The number of ether oxygens (including phenoxy) is 2. The summed E-state index contributed by atoms with van der Waals surface area (Å²) in [6, 6.07) is 4.89. The molecule has 0 unspecified atom stereocenters. The smallest absolute Gasteiger partial charge is 0.312 e. The van der Waals surface area contributed by atoms with Gasteiger partial charge in [0.05, 0.1) is 24.5 Å². The number of aliphatic hydroxyl groups is 1. The number of allylic oxidation sites excluding steroid dienone is 1. The van der Waals surface area contributed by atoms with Crippen molar-refractivity contribution >= 4 is 29.4 Å². The molecule has 6 atom stereocenters. The van der Waals surface area contributed by atoms with E-state index < -0.39 is 41.7 Å². The van der Waals surface area contributed by atoms with Gasteiger partial charge in [0.1, 0.15) is 17.7 Å². The number of nitrogens with one attached hydrogen (secondary N) is 1. The molecule has 1 spiro atoms. The van der Waals surface area contributed by atoms with Crippen LogP contribution in [0.3, 0.4) is 0 Å². The first kappa shape index (κ1) is 31.4. The summed E-state index contributed by atoms with van der Waals surface area (Å²) in [5.41, 5.74) is 1.43. The molecule has 0 aliphatic carbocycles. The highest BCUT2D eigenvalue weighted by atomic mass is 16.6. The summed E-state index contributed by atoms with van der Waals surface area (Å²) in [6.07, 6.45) is 4.23. The maximum atomic E-state index is 14.5. The second kappa shape index (κ2) is 13.2. The number of aliphatic hydroxyl groups excluding tert-OH is 1. The van der Waals surface area contributed by atoms with Gasteiger partial charge in [-0.1, -0.05) is 24.3 Å². The van der Waals surface area contributed by atoms with Crippen molar-refractivity contribution in [3.05, 3.63) is 54.6 Å². The highest BCUT2D eigenvalue weighted by Gasteiger charge is 2.75. The van der Waals surface area contributed by atoms with E-state index in [9.17, 15) is 24.3 Å². The summed E-state index contributed by atoms with van der Waals surface area (Å²) < 4.78 is 12.2. The Bertz CT molecular complexity index is 1230. The van der Waals surface area contributed by atoms with Crippen molar-refractivity contribution in [3.63, 3.8) is 0 Å². The lowest BCUT2D eigenvalue weighted by molar-refractivity contribution is -0.159. The first-order valence-corrected chi connectivity index (χ1v) is 14.8. The summed E-state index contributed by atoms with van der Waals surface area (Å²) >= 11 is 0. The number of likely N-dealkylation sites (tertiary alicyclic amines) is 1. The van der Waals surface area contributed by atoms with Crippen molar-refractivity contribution in [2.75, 3.05) is 31.1 Å². The molecule has 228 valence electrons. The Hall–Kier alpha value is -3.50. The van der Waals surface area contributed by atoms with Crippen molar-refractivity contribution in [2.45, 2.75) is 76.7 Å². The Morgan fingerprint density at radius 3 is 2.74 bits per heavy atom. The van der Waals surface area contributed by atoms with E-state index >= 15 is 0 Å². The van der Waals surface area contributed by atoms with Crippen LogP contribution in [0.4, 0.5) is 5.69 Å². The maximum absolute atomic E-state index is 14.5. The molecule has 0 saturated carbocycles. The van der Waals surface area contributed by atoms with Crippen LogP contribution >= 0.6 is 0 Å². The van der Waals surface area contributed by atoms with Gasteiger partial charge in [0.15, 0.2) is 0 Å². The van der Waals surface area contributed by atoms with Crippen molar-refractivity contribution in [3.8, 4) is 0 Å². The number of nitrogens with zero attached hydrogens (tertiary/aromatic N) is 2. The molecule has 3 heterocycles. The number of hydrogen-bond donors (Lipinski definition) is 2. The van der Waals surface area contributed by atoms with Crippen molar-refractivity contribution < 1.29 is 33.8 Å². The van der Waals surface area contributed by atoms with Crippen LogP contribution < -0.4 is 10.2 Å². The van der Waals surface area contributed by atoms with E-state index in [4.69, 9.17) is 9.47 Å². The van der Waals surface area contributed by atoms with Crippen molar-refractivity contribution in [2.24, 2.45) is 11.8 Å². The fourth-order valence-electron chi connectivity index (χ4n) is 6.67. The average molecular weight is 582 g/mol. The van der Waals surface area contributed by atoms with Crippen LogP contribution in [-0.2, 0) is 28.7 Å². The van der Waals surface area contributed by atoms with Gasteiger partial charge in [0, 0.05) is 31.8 Å². The number of carbonyl (C=O) groups is 4. The standard InChI is InChI=1S/C32H43N3O7/c1-6-8-10-25(37)33-19-22(5)41-31(40)26-24-13-14-32(42-24)27(26)29(38)35(16-9-17-36)28(32)30(39)34(15-7-2)23-18-20(3)11-12-21(23)4/h6-7,11-12,18,22,24,26-28,36H,1-2,8-10,13-17,19H2,3-5H3,(H,33,37)/t22-,24+,26-,27-,28+,32-/m0/s1. The molecule has 3 saturated heterocycles. The van der Waals surface area contributed by atoms with E-state index in [1.54, 1.807) is 24.0 Å². The van der Waals surface area contributed by atoms with Crippen LogP contribution in [0, 0.1) is 25.7 Å². The van der Waals surface area contributed by atoms with Crippen LogP contribution in [0.2, 0.25) is 0 Å². The Morgan fingerprint density at radius 1 is 1.29 bits per heavy atom. The fraction of sp³-hybridized carbons (Fsp3) is 0.562. The number of hydrogen-bond acceptors (Lipinski definition) is 7. The Labute approximate surface area is 247 Å². The molecule has 3 fully saturated rings. The van der Waals surface area contributed by atoms with Crippen molar-refractivity contribution in [1.82, 2.24) is 10.2 Å². The monoisotopic (exact) mass is 581 g/mol. The fourth-order valence-corrected chi connectivity index (χ4v) is 6.67. The van der Waals surface area contributed by atoms with Crippen molar-refractivity contribution in [1.29, 1.82) is 0 Å². The second-order valence-electron chi connectivity index (χ2n) is 11.6. The third-order valence-electron chi connectivity index (χ3n) is 8.58. The zero-order valence-electron chi connectivity index (χ0n) is 24.8. The number of benzene rings is 1. The minimum Gasteiger partial charge on any atom is -0.460 e. The lowest BCUT2D eigenvalue weighted by Gasteiger charge is -2.37. The van der Waals surface area contributed by atoms with E-state index in [-0.39, 0.29) is 50.4 Å². The second-order valence-corrected chi connectivity index (χ2v) is 11.6. The van der Waals surface area contributed by atoms with Gasteiger partial charge >= 0.3 is 5.97 Å². The van der Waals surface area contributed by atoms with Gasteiger partial charge in [0.2, 0.25) is 11.8 Å². The van der Waals surface area contributed by atoms with Crippen LogP contribution in [-0.4, -0.2) is 83.8 Å². The highest BCUT2D eigenvalue weighted by molar-refractivity contribution is 6.05. The number of anilines is 1. The van der Waals surface area contributed by atoms with Gasteiger partial charge in [-0.3, -0.25) is 19.2 Å². The number of aryl methyl sites for hydroxylation is 2. The molecule has 0 radical (unpaired) electrons. The van der Waals surface area contributed by atoms with Gasteiger partial charge in [-0.2, -0.15) is 0 Å². The Kier molecular flexibility index (Phi) is 9.89. The normalized spacial score (nSPS) is 26.5. The van der Waals surface area contributed by atoms with Gasteiger partial charge in [-0.25, -0.2) is 0 Å². The number of fused-ring (bicyclic) bond motifs is 1. The first-order valence-electron chi connectivity index (χ1n) is 14.8. The molecule has 3 aliphatic rings. The van der Waals surface area contributed by atoms with E-state index in [2.05, 4.69) is 18.5 Å². The SMILES string of the molecule is C=CCCC(=O)NC[C@H](C)OC(=O)[C@@H]1[C@H]2C(=O)N(CCCO)[C@H](C(=O)N(CC=C)c3cc(C)ccc3C)[C@]23CC[C@H]1O3. The molecular weight excluding hydrogens is 538 g/mol. The molecular formula is C32H43N3O7. The molecule has 2 N–H and O–H groups in total. The largest absolute Gasteiger partial charge is 0.460 e. The van der Waals surface area contributed by atoms with Gasteiger partial charge < -0.3 is 29.7 Å². The summed E-state index contributed by atoms with van der Waals surface area (Å²) in [4.78, 5) is 57.2. The first-order chi connectivity index (χ1) is 20.1. The molecule has 4 rings (SSSR count). The lowest BCUT2D eigenvalue weighted by atomic mass is 9.70. The molecule has 42 heavy (non-hydrogen) atoms. The third-order valence-corrected chi connectivity index (χ3v) is 8.58. The number of amides is 3. The third kappa shape index (κ3) is 5.87. The molecule has 0 aromatic heterocycles. The lowest BCUT2D eigenvalue weighted by Crippen LogP contribution is -2.56. The van der Waals surface area contributed by atoms with E-state index in [1.807, 2.05) is 32.0 Å². The molecule has 10 heteroatoms. The minimum atomic E-state index is -1.18. The van der Waals surface area contributed by atoms with Crippen LogP contribution in [0.5, 0.6) is 0 Å². The molecule has 3 aliphatic heterocycles. The predicted octanol–water partition coefficient (Wildman–Crippen LogP) is 2.59. The number of carbonyl (C=O) groups excluding carboxylic acids is 4. The van der Waals surface area contributed by atoms with Crippen LogP contribution in [0.25, 0.3) is 0 Å². The topological polar surface area (TPSA) is 125 Å². The van der Waals surface area contributed by atoms with E-state index in [0.29, 0.717) is 25.7 Å². The molecule has 10 nitrogen and oxygen atoms in total. The quantitative estimate of drug-likeness (QED) is 0.256. The summed E-state index contributed by atoms with van der Waals surface area (Å²) in [7, 11) is 0. The maximum Gasteiger partial charge on any atom is 0.312 e.